The van der Waals surface area contributed by atoms with Gasteiger partial charge in [0.2, 0.25) is 5.78 Å². The first-order valence-corrected chi connectivity index (χ1v) is 6.73. The van der Waals surface area contributed by atoms with Crippen molar-refractivity contribution in [2.24, 2.45) is 0 Å². The number of carbonyl (C=O) groups excluding carboxylic acids is 1. The minimum Gasteiger partial charge on any atom is -0.493 e. The number of methoxy groups -OCH3 is 1. The maximum absolute atomic E-state index is 12.3. The molecule has 0 fully saturated rings. The number of ketones is 1. The highest BCUT2D eigenvalue weighted by atomic mass is 79.9. The van der Waals surface area contributed by atoms with E-state index in [2.05, 4.69) is 21.0 Å². The Balaban J connectivity index is 2.45. The number of ether oxygens (including phenoxy) is 1. The van der Waals surface area contributed by atoms with E-state index in [9.17, 15) is 4.79 Å². The third-order valence-electron chi connectivity index (χ3n) is 2.33. The van der Waals surface area contributed by atoms with Crippen molar-refractivity contribution in [1.82, 2.24) is 9.78 Å². The molecule has 17 heavy (non-hydrogen) atoms. The van der Waals surface area contributed by atoms with Crippen LogP contribution in [0, 0.1) is 0 Å². The summed E-state index contributed by atoms with van der Waals surface area (Å²) in [5.41, 5.74) is 0.504. The van der Waals surface area contributed by atoms with E-state index in [1.807, 2.05) is 12.3 Å². The van der Waals surface area contributed by atoms with Gasteiger partial charge in [-0.2, -0.15) is 5.10 Å². The Morgan fingerprint density at radius 1 is 1.65 bits per heavy atom. The van der Waals surface area contributed by atoms with E-state index in [4.69, 9.17) is 4.74 Å². The van der Waals surface area contributed by atoms with Gasteiger partial charge in [-0.25, -0.2) is 0 Å². The standard InChI is InChI=1S/C11H11BrN2O2S/c1-3-14-10(8(16-2)5-13-14)11(15)9-4-7(12)6-17-9/h4-6H,3H2,1-2H3. The van der Waals surface area contributed by atoms with Gasteiger partial charge in [0, 0.05) is 16.4 Å². The first kappa shape index (κ1) is 12.3. The van der Waals surface area contributed by atoms with Crippen LogP contribution < -0.4 is 4.74 Å². The zero-order valence-corrected chi connectivity index (χ0v) is 11.8. The van der Waals surface area contributed by atoms with Crippen LogP contribution in [-0.2, 0) is 6.54 Å². The largest absolute Gasteiger partial charge is 0.493 e. The molecule has 0 N–H and O–H groups in total. The molecule has 0 amide bonds. The lowest BCUT2D eigenvalue weighted by Crippen LogP contribution is -2.10. The molecular formula is C11H11BrN2O2S. The lowest BCUT2D eigenvalue weighted by Gasteiger charge is -2.04. The number of halogens is 1. The van der Waals surface area contributed by atoms with E-state index < -0.39 is 0 Å². The number of aromatic nitrogens is 2. The number of carbonyl (C=O) groups is 1. The fourth-order valence-electron chi connectivity index (χ4n) is 1.54. The Morgan fingerprint density at radius 3 is 2.94 bits per heavy atom. The molecule has 0 radical (unpaired) electrons. The summed E-state index contributed by atoms with van der Waals surface area (Å²) < 4.78 is 7.72. The van der Waals surface area contributed by atoms with Gasteiger partial charge in [-0.1, -0.05) is 0 Å². The fraction of sp³-hybridized carbons (Fsp3) is 0.273. The molecule has 0 bridgehead atoms. The van der Waals surface area contributed by atoms with Gasteiger partial charge in [0.15, 0.2) is 11.4 Å². The maximum Gasteiger partial charge on any atom is 0.224 e. The molecule has 0 saturated heterocycles. The Bertz CT molecular complexity index is 526. The molecule has 0 aliphatic heterocycles. The van der Waals surface area contributed by atoms with Crippen LogP contribution in [0.2, 0.25) is 0 Å². The van der Waals surface area contributed by atoms with Gasteiger partial charge in [-0.15, -0.1) is 11.3 Å². The molecule has 0 atom stereocenters. The molecule has 0 aliphatic carbocycles. The Labute approximate surface area is 111 Å². The minimum absolute atomic E-state index is 0.0584. The molecule has 6 heteroatoms. The molecule has 2 aromatic heterocycles. The number of aryl methyl sites for hydroxylation is 1. The van der Waals surface area contributed by atoms with Crippen molar-refractivity contribution in [2.45, 2.75) is 13.5 Å². The predicted octanol–water partition coefficient (Wildman–Crippen LogP) is 2.97. The van der Waals surface area contributed by atoms with Gasteiger partial charge >= 0.3 is 0 Å². The first-order valence-electron chi connectivity index (χ1n) is 5.06. The maximum atomic E-state index is 12.3. The monoisotopic (exact) mass is 314 g/mol. The third-order valence-corrected chi connectivity index (χ3v) is 4.02. The third kappa shape index (κ3) is 2.28. The van der Waals surface area contributed by atoms with E-state index in [1.165, 1.54) is 18.4 Å². The van der Waals surface area contributed by atoms with E-state index in [0.29, 0.717) is 22.9 Å². The van der Waals surface area contributed by atoms with E-state index in [1.54, 1.807) is 16.9 Å². The summed E-state index contributed by atoms with van der Waals surface area (Å²) in [6, 6.07) is 1.80. The molecule has 2 heterocycles. The first-order chi connectivity index (χ1) is 8.17. The lowest BCUT2D eigenvalue weighted by atomic mass is 10.2. The number of rotatable bonds is 4. The van der Waals surface area contributed by atoms with Crippen molar-refractivity contribution in [2.75, 3.05) is 7.11 Å². The zero-order chi connectivity index (χ0) is 12.4. The van der Waals surface area contributed by atoms with Crippen molar-refractivity contribution in [3.05, 3.63) is 32.7 Å². The van der Waals surface area contributed by atoms with Gasteiger partial charge in [-0.3, -0.25) is 9.48 Å². The molecule has 0 spiro atoms. The van der Waals surface area contributed by atoms with Gasteiger partial charge in [-0.05, 0) is 28.9 Å². The highest BCUT2D eigenvalue weighted by molar-refractivity contribution is 9.10. The second-order valence-corrected chi connectivity index (χ2v) is 5.16. The molecule has 4 nitrogen and oxygen atoms in total. The van der Waals surface area contributed by atoms with Crippen molar-refractivity contribution in [1.29, 1.82) is 0 Å². The van der Waals surface area contributed by atoms with Crippen LogP contribution in [0.15, 0.2) is 22.1 Å². The highest BCUT2D eigenvalue weighted by Gasteiger charge is 2.21. The molecule has 0 unspecified atom stereocenters. The second kappa shape index (κ2) is 5.01. The molecule has 90 valence electrons. The predicted molar refractivity (Wildman–Crippen MR) is 69.9 cm³/mol. The summed E-state index contributed by atoms with van der Waals surface area (Å²) in [4.78, 5) is 13.0. The van der Waals surface area contributed by atoms with Gasteiger partial charge < -0.3 is 4.74 Å². The number of hydrogen-bond acceptors (Lipinski definition) is 4. The Hall–Kier alpha value is -1.14. The smallest absolute Gasteiger partial charge is 0.224 e. The summed E-state index contributed by atoms with van der Waals surface area (Å²) in [5, 5.41) is 6.00. The van der Waals surface area contributed by atoms with E-state index in [0.717, 1.165) is 4.47 Å². The minimum atomic E-state index is -0.0584. The van der Waals surface area contributed by atoms with Crippen LogP contribution in [-0.4, -0.2) is 22.7 Å². The zero-order valence-electron chi connectivity index (χ0n) is 9.44. The van der Waals surface area contributed by atoms with Gasteiger partial charge in [0.1, 0.15) is 0 Å². The van der Waals surface area contributed by atoms with E-state index in [-0.39, 0.29) is 5.78 Å². The molecule has 2 rings (SSSR count). The van der Waals surface area contributed by atoms with Crippen LogP contribution in [0.5, 0.6) is 5.75 Å². The Kier molecular flexibility index (Phi) is 3.63. The fourth-order valence-corrected chi connectivity index (χ4v) is 2.90. The summed E-state index contributed by atoms with van der Waals surface area (Å²) in [6.07, 6.45) is 1.57. The van der Waals surface area contributed by atoms with Crippen molar-refractivity contribution < 1.29 is 9.53 Å². The van der Waals surface area contributed by atoms with Crippen LogP contribution in [0.3, 0.4) is 0 Å². The lowest BCUT2D eigenvalue weighted by molar-refractivity contribution is 0.102. The SMILES string of the molecule is CCn1ncc(OC)c1C(=O)c1cc(Br)cs1. The average molecular weight is 315 g/mol. The summed E-state index contributed by atoms with van der Waals surface area (Å²) in [5.74, 6) is 0.457. The van der Waals surface area contributed by atoms with Crippen LogP contribution in [0.4, 0.5) is 0 Å². The van der Waals surface area contributed by atoms with Gasteiger partial charge in [0.05, 0.1) is 18.2 Å². The Morgan fingerprint density at radius 2 is 2.41 bits per heavy atom. The summed E-state index contributed by atoms with van der Waals surface area (Å²) in [7, 11) is 1.54. The molecule has 0 aromatic carbocycles. The summed E-state index contributed by atoms with van der Waals surface area (Å²) in [6.45, 7) is 2.57. The van der Waals surface area contributed by atoms with Crippen LogP contribution in [0.1, 0.15) is 22.3 Å². The van der Waals surface area contributed by atoms with Crippen molar-refractivity contribution in [3.8, 4) is 5.75 Å². The van der Waals surface area contributed by atoms with Crippen LogP contribution >= 0.6 is 27.3 Å². The molecular weight excluding hydrogens is 304 g/mol. The topological polar surface area (TPSA) is 44.1 Å². The molecule has 2 aromatic rings. The normalized spacial score (nSPS) is 10.5. The van der Waals surface area contributed by atoms with E-state index >= 15 is 0 Å². The second-order valence-electron chi connectivity index (χ2n) is 3.34. The highest BCUT2D eigenvalue weighted by Crippen LogP contribution is 2.26. The molecule has 0 aliphatic rings. The number of thiophene rings is 1. The molecule has 0 saturated carbocycles. The quantitative estimate of drug-likeness (QED) is 0.815. The van der Waals surface area contributed by atoms with Crippen LogP contribution in [0.25, 0.3) is 0 Å². The van der Waals surface area contributed by atoms with Crippen molar-refractivity contribution >= 4 is 33.0 Å². The average Bonchev–Trinajstić information content (AvgIpc) is 2.93. The number of nitrogens with zero attached hydrogens (tertiary/aromatic N) is 2. The van der Waals surface area contributed by atoms with Gasteiger partial charge in [0.25, 0.3) is 0 Å². The summed E-state index contributed by atoms with van der Waals surface area (Å²) >= 11 is 4.74. The number of hydrogen-bond donors (Lipinski definition) is 0. The van der Waals surface area contributed by atoms with Crippen molar-refractivity contribution in [3.63, 3.8) is 0 Å².